The van der Waals surface area contributed by atoms with Gasteiger partial charge in [0.05, 0.1) is 23.2 Å². The van der Waals surface area contributed by atoms with Gasteiger partial charge in [-0.1, -0.05) is 25.1 Å². The maximum Gasteiger partial charge on any atom is 0.259 e. The Hall–Kier alpha value is -2.21. The predicted octanol–water partition coefficient (Wildman–Crippen LogP) is 3.99. The molecular weight excluding hydrogens is 310 g/mol. The molecule has 0 aromatic carbocycles. The van der Waals surface area contributed by atoms with Gasteiger partial charge in [-0.25, -0.2) is 4.98 Å². The highest BCUT2D eigenvalue weighted by Gasteiger charge is 2.22. The van der Waals surface area contributed by atoms with Crippen LogP contribution in [0.1, 0.15) is 46.4 Å². The van der Waals surface area contributed by atoms with Crippen LogP contribution < -0.4 is 0 Å². The standard InChI is InChI=1S/C17H19N3O2S/c1-10(2)14-8-13(15-11(3)19-22-16(15)18-14)17(21)20(4)9-12-6-5-7-23-12/h5-8,10H,9H2,1-4H3. The molecule has 120 valence electrons. The fourth-order valence-corrected chi connectivity index (χ4v) is 3.25. The van der Waals surface area contributed by atoms with Gasteiger partial charge in [-0.3, -0.25) is 4.79 Å². The summed E-state index contributed by atoms with van der Waals surface area (Å²) < 4.78 is 5.29. The molecule has 0 aliphatic carbocycles. The van der Waals surface area contributed by atoms with Crippen molar-refractivity contribution in [2.75, 3.05) is 7.05 Å². The number of amides is 1. The summed E-state index contributed by atoms with van der Waals surface area (Å²) in [6.07, 6.45) is 0. The summed E-state index contributed by atoms with van der Waals surface area (Å²) in [6, 6.07) is 5.88. The van der Waals surface area contributed by atoms with Crippen molar-refractivity contribution >= 4 is 28.3 Å². The van der Waals surface area contributed by atoms with E-state index < -0.39 is 0 Å². The second kappa shape index (κ2) is 6.12. The van der Waals surface area contributed by atoms with Gasteiger partial charge in [-0.15, -0.1) is 11.3 Å². The van der Waals surface area contributed by atoms with Gasteiger partial charge in [0.2, 0.25) is 0 Å². The Morgan fingerprint density at radius 3 is 2.87 bits per heavy atom. The number of nitrogens with zero attached hydrogens (tertiary/aromatic N) is 3. The quantitative estimate of drug-likeness (QED) is 0.726. The zero-order chi connectivity index (χ0) is 16.6. The van der Waals surface area contributed by atoms with Crippen LogP contribution >= 0.6 is 11.3 Å². The maximum absolute atomic E-state index is 12.9. The monoisotopic (exact) mass is 329 g/mol. The van der Waals surface area contributed by atoms with E-state index in [1.807, 2.05) is 51.4 Å². The van der Waals surface area contributed by atoms with E-state index in [0.29, 0.717) is 28.9 Å². The first-order valence-electron chi connectivity index (χ1n) is 7.52. The minimum Gasteiger partial charge on any atom is -0.337 e. The molecular formula is C17H19N3O2S. The van der Waals surface area contributed by atoms with Crippen LogP contribution in [0.5, 0.6) is 0 Å². The SMILES string of the molecule is Cc1noc2nc(C(C)C)cc(C(=O)N(C)Cc3cccs3)c12. The van der Waals surface area contributed by atoms with Gasteiger partial charge in [0, 0.05) is 17.6 Å². The Morgan fingerprint density at radius 2 is 2.22 bits per heavy atom. The van der Waals surface area contributed by atoms with E-state index in [0.717, 1.165) is 10.6 Å². The van der Waals surface area contributed by atoms with Crippen molar-refractivity contribution in [2.45, 2.75) is 33.2 Å². The minimum atomic E-state index is -0.0426. The van der Waals surface area contributed by atoms with Crippen molar-refractivity contribution in [3.8, 4) is 0 Å². The Kier molecular flexibility index (Phi) is 4.17. The van der Waals surface area contributed by atoms with E-state index in [4.69, 9.17) is 4.52 Å². The van der Waals surface area contributed by atoms with E-state index in [9.17, 15) is 4.79 Å². The van der Waals surface area contributed by atoms with Crippen LogP contribution in [-0.4, -0.2) is 28.0 Å². The summed E-state index contributed by atoms with van der Waals surface area (Å²) >= 11 is 1.64. The molecule has 0 aliphatic heterocycles. The number of aromatic nitrogens is 2. The molecule has 3 heterocycles. The second-order valence-electron chi connectivity index (χ2n) is 5.94. The lowest BCUT2D eigenvalue weighted by Gasteiger charge is -2.17. The van der Waals surface area contributed by atoms with Crippen molar-refractivity contribution in [3.05, 3.63) is 45.4 Å². The summed E-state index contributed by atoms with van der Waals surface area (Å²) in [6.45, 7) is 6.50. The molecule has 0 saturated carbocycles. The number of hydrogen-bond acceptors (Lipinski definition) is 5. The molecule has 3 aromatic rings. The maximum atomic E-state index is 12.9. The third kappa shape index (κ3) is 2.99. The highest BCUT2D eigenvalue weighted by molar-refractivity contribution is 7.09. The molecule has 0 unspecified atom stereocenters. The lowest BCUT2D eigenvalue weighted by molar-refractivity contribution is 0.0788. The lowest BCUT2D eigenvalue weighted by Crippen LogP contribution is -2.26. The topological polar surface area (TPSA) is 59.2 Å². The van der Waals surface area contributed by atoms with Crippen molar-refractivity contribution in [3.63, 3.8) is 0 Å². The molecule has 1 amide bonds. The second-order valence-corrected chi connectivity index (χ2v) is 6.97. The molecule has 0 aliphatic rings. The van der Waals surface area contributed by atoms with Gasteiger partial charge in [-0.05, 0) is 30.4 Å². The molecule has 0 fully saturated rings. The molecule has 0 radical (unpaired) electrons. The summed E-state index contributed by atoms with van der Waals surface area (Å²) in [4.78, 5) is 20.3. The number of hydrogen-bond donors (Lipinski definition) is 0. The minimum absolute atomic E-state index is 0.0426. The highest BCUT2D eigenvalue weighted by Crippen LogP contribution is 2.26. The fraction of sp³-hybridized carbons (Fsp3) is 0.353. The lowest BCUT2D eigenvalue weighted by atomic mass is 10.0. The van der Waals surface area contributed by atoms with Gasteiger partial charge < -0.3 is 9.42 Å². The summed E-state index contributed by atoms with van der Waals surface area (Å²) in [5.74, 6) is 0.165. The van der Waals surface area contributed by atoms with Crippen LogP contribution in [0, 0.1) is 6.92 Å². The summed E-state index contributed by atoms with van der Waals surface area (Å²) in [7, 11) is 1.81. The van der Waals surface area contributed by atoms with E-state index in [1.54, 1.807) is 16.2 Å². The summed E-state index contributed by atoms with van der Waals surface area (Å²) in [5, 5.41) is 6.69. The van der Waals surface area contributed by atoms with Gasteiger partial charge in [0.1, 0.15) is 0 Å². The number of rotatable bonds is 4. The van der Waals surface area contributed by atoms with Crippen LogP contribution in [0.2, 0.25) is 0 Å². The van der Waals surface area contributed by atoms with Crippen LogP contribution in [0.4, 0.5) is 0 Å². The third-order valence-electron chi connectivity index (χ3n) is 3.78. The van der Waals surface area contributed by atoms with Crippen LogP contribution in [-0.2, 0) is 6.54 Å². The Balaban J connectivity index is 2.03. The zero-order valence-corrected chi connectivity index (χ0v) is 14.5. The molecule has 0 bridgehead atoms. The Bertz CT molecular complexity index is 837. The largest absolute Gasteiger partial charge is 0.337 e. The van der Waals surface area contributed by atoms with E-state index in [-0.39, 0.29) is 11.8 Å². The number of carbonyl (C=O) groups excluding carboxylic acids is 1. The van der Waals surface area contributed by atoms with Crippen LogP contribution in [0.3, 0.4) is 0 Å². The summed E-state index contributed by atoms with van der Waals surface area (Å²) in [5.41, 5.74) is 2.57. The average molecular weight is 329 g/mol. The first-order valence-corrected chi connectivity index (χ1v) is 8.40. The molecule has 0 spiro atoms. The molecule has 23 heavy (non-hydrogen) atoms. The van der Waals surface area contributed by atoms with Gasteiger partial charge in [-0.2, -0.15) is 0 Å². The molecule has 0 saturated heterocycles. The highest BCUT2D eigenvalue weighted by atomic mass is 32.1. The Labute approximate surface area is 138 Å². The van der Waals surface area contributed by atoms with Gasteiger partial charge in [0.15, 0.2) is 0 Å². The Morgan fingerprint density at radius 1 is 1.43 bits per heavy atom. The number of thiophene rings is 1. The van der Waals surface area contributed by atoms with Crippen LogP contribution in [0.15, 0.2) is 28.1 Å². The third-order valence-corrected chi connectivity index (χ3v) is 4.64. The molecule has 3 rings (SSSR count). The van der Waals surface area contributed by atoms with Crippen LogP contribution in [0.25, 0.3) is 11.1 Å². The van der Waals surface area contributed by atoms with Crippen molar-refractivity contribution < 1.29 is 9.32 Å². The van der Waals surface area contributed by atoms with Crippen molar-refractivity contribution in [1.82, 2.24) is 15.0 Å². The molecule has 5 nitrogen and oxygen atoms in total. The first-order chi connectivity index (χ1) is 11.0. The van der Waals surface area contributed by atoms with Gasteiger partial charge >= 0.3 is 0 Å². The normalized spacial score (nSPS) is 11.3. The fourth-order valence-electron chi connectivity index (χ4n) is 2.49. The number of carbonyl (C=O) groups is 1. The molecule has 0 N–H and O–H groups in total. The van der Waals surface area contributed by atoms with E-state index in [1.165, 1.54) is 0 Å². The van der Waals surface area contributed by atoms with Gasteiger partial charge in [0.25, 0.3) is 11.6 Å². The first kappa shape index (κ1) is 15.7. The molecule has 0 atom stereocenters. The van der Waals surface area contributed by atoms with Crippen molar-refractivity contribution in [2.24, 2.45) is 0 Å². The predicted molar refractivity (Wildman–Crippen MR) is 90.7 cm³/mol. The average Bonchev–Trinajstić information content (AvgIpc) is 3.15. The van der Waals surface area contributed by atoms with E-state index >= 15 is 0 Å². The smallest absolute Gasteiger partial charge is 0.259 e. The zero-order valence-electron chi connectivity index (χ0n) is 13.7. The number of aryl methyl sites for hydroxylation is 1. The molecule has 6 heteroatoms. The number of fused-ring (bicyclic) bond motifs is 1. The van der Waals surface area contributed by atoms with E-state index in [2.05, 4.69) is 10.1 Å². The molecule has 3 aromatic heterocycles. The van der Waals surface area contributed by atoms with Crippen molar-refractivity contribution in [1.29, 1.82) is 0 Å². The number of pyridine rings is 1.